The molecule has 0 aliphatic carbocycles. The maximum Gasteiger partial charge on any atom is 0.317 e. The molecule has 1 fully saturated rings. The summed E-state index contributed by atoms with van der Waals surface area (Å²) in [7, 11) is 4.10. The van der Waals surface area contributed by atoms with Gasteiger partial charge in [-0.1, -0.05) is 26.0 Å². The topological polar surface area (TPSA) is 38.8 Å². The van der Waals surface area contributed by atoms with Gasteiger partial charge in [0.25, 0.3) is 0 Å². The first-order valence-electron chi connectivity index (χ1n) is 9.00. The van der Waals surface area contributed by atoms with Crippen molar-refractivity contribution < 1.29 is 4.79 Å². The van der Waals surface area contributed by atoms with E-state index >= 15 is 0 Å². The van der Waals surface area contributed by atoms with Gasteiger partial charge in [0, 0.05) is 38.4 Å². The molecule has 2 amide bonds. The predicted molar refractivity (Wildman–Crippen MR) is 101 cm³/mol. The van der Waals surface area contributed by atoms with Crippen molar-refractivity contribution in [1.29, 1.82) is 0 Å². The van der Waals surface area contributed by atoms with Crippen molar-refractivity contribution >= 4 is 11.7 Å². The molecule has 0 bridgehead atoms. The van der Waals surface area contributed by atoms with Gasteiger partial charge in [-0.25, -0.2) is 4.79 Å². The number of amides is 2. The molecular weight excluding hydrogens is 300 g/mol. The van der Waals surface area contributed by atoms with Crippen LogP contribution in [0.5, 0.6) is 0 Å². The third-order valence-corrected chi connectivity index (χ3v) is 4.55. The molecular formula is C19H32N4O. The lowest BCUT2D eigenvalue weighted by molar-refractivity contribution is 0.194. The van der Waals surface area contributed by atoms with Gasteiger partial charge in [0.15, 0.2) is 0 Å². The van der Waals surface area contributed by atoms with E-state index in [1.807, 2.05) is 4.90 Å². The molecule has 24 heavy (non-hydrogen) atoms. The van der Waals surface area contributed by atoms with E-state index in [2.05, 4.69) is 67.3 Å². The molecule has 0 spiro atoms. The highest BCUT2D eigenvalue weighted by molar-refractivity contribution is 5.74. The van der Waals surface area contributed by atoms with Gasteiger partial charge in [-0.05, 0) is 50.7 Å². The molecule has 0 saturated carbocycles. The second-order valence-electron chi connectivity index (χ2n) is 7.11. The Bertz CT molecular complexity index is 505. The van der Waals surface area contributed by atoms with Crippen molar-refractivity contribution in [3.8, 4) is 0 Å². The van der Waals surface area contributed by atoms with Gasteiger partial charge in [-0.2, -0.15) is 0 Å². The summed E-state index contributed by atoms with van der Waals surface area (Å²) in [6.45, 7) is 9.53. The molecule has 0 aromatic heterocycles. The highest BCUT2D eigenvalue weighted by Gasteiger charge is 2.20. The summed E-state index contributed by atoms with van der Waals surface area (Å²) in [5.74, 6) is 0.562. The number of hydrogen-bond donors (Lipinski definition) is 1. The lowest BCUT2D eigenvalue weighted by Gasteiger charge is -2.36. The van der Waals surface area contributed by atoms with Crippen molar-refractivity contribution in [2.24, 2.45) is 0 Å². The predicted octanol–water partition coefficient (Wildman–Crippen LogP) is 2.59. The molecule has 1 aliphatic rings. The smallest absolute Gasteiger partial charge is 0.317 e. The van der Waals surface area contributed by atoms with Crippen LogP contribution in [0.2, 0.25) is 0 Å². The number of anilines is 1. The second kappa shape index (κ2) is 8.92. The zero-order valence-electron chi connectivity index (χ0n) is 15.6. The molecule has 1 heterocycles. The van der Waals surface area contributed by atoms with E-state index in [4.69, 9.17) is 0 Å². The Morgan fingerprint density at radius 2 is 1.75 bits per heavy atom. The van der Waals surface area contributed by atoms with Crippen LogP contribution in [0.4, 0.5) is 10.5 Å². The standard InChI is InChI=1S/C19H32N4O/c1-16(2)17-6-8-18(9-7-17)22-12-14-23(15-13-22)19(24)20-10-5-11-21(3)4/h6-9,16H,5,10-15H2,1-4H3,(H,20,24). The number of carbonyl (C=O) groups excluding carboxylic acids is 1. The van der Waals surface area contributed by atoms with E-state index in [-0.39, 0.29) is 6.03 Å². The number of nitrogens with one attached hydrogen (secondary N) is 1. The van der Waals surface area contributed by atoms with E-state index in [0.717, 1.165) is 45.7 Å². The fourth-order valence-electron chi connectivity index (χ4n) is 2.94. The Balaban J connectivity index is 1.75. The maximum atomic E-state index is 12.2. The second-order valence-corrected chi connectivity index (χ2v) is 7.11. The van der Waals surface area contributed by atoms with Gasteiger partial charge < -0.3 is 20.0 Å². The van der Waals surface area contributed by atoms with Crippen LogP contribution in [0.1, 0.15) is 31.7 Å². The van der Waals surface area contributed by atoms with Crippen molar-refractivity contribution in [1.82, 2.24) is 15.1 Å². The fourth-order valence-corrected chi connectivity index (χ4v) is 2.94. The van der Waals surface area contributed by atoms with Gasteiger partial charge in [-0.3, -0.25) is 0 Å². The average Bonchev–Trinajstić information content (AvgIpc) is 2.58. The van der Waals surface area contributed by atoms with E-state index < -0.39 is 0 Å². The molecule has 0 radical (unpaired) electrons. The van der Waals surface area contributed by atoms with Crippen LogP contribution in [0, 0.1) is 0 Å². The van der Waals surface area contributed by atoms with Crippen LogP contribution < -0.4 is 10.2 Å². The van der Waals surface area contributed by atoms with E-state index in [0.29, 0.717) is 5.92 Å². The third kappa shape index (κ3) is 5.41. The zero-order chi connectivity index (χ0) is 17.5. The molecule has 1 aromatic carbocycles. The first-order valence-corrected chi connectivity index (χ1v) is 9.00. The Hall–Kier alpha value is -1.75. The third-order valence-electron chi connectivity index (χ3n) is 4.55. The average molecular weight is 332 g/mol. The minimum absolute atomic E-state index is 0.0727. The van der Waals surface area contributed by atoms with Crippen molar-refractivity contribution in [3.05, 3.63) is 29.8 Å². The van der Waals surface area contributed by atoms with Gasteiger partial charge in [0.2, 0.25) is 0 Å². The summed E-state index contributed by atoms with van der Waals surface area (Å²) < 4.78 is 0. The lowest BCUT2D eigenvalue weighted by Crippen LogP contribution is -2.52. The Morgan fingerprint density at radius 3 is 2.29 bits per heavy atom. The molecule has 0 unspecified atom stereocenters. The van der Waals surface area contributed by atoms with Crippen LogP contribution in [-0.4, -0.2) is 69.2 Å². The number of carbonyl (C=O) groups is 1. The van der Waals surface area contributed by atoms with E-state index in [1.165, 1.54) is 11.3 Å². The molecule has 1 aliphatic heterocycles. The lowest BCUT2D eigenvalue weighted by atomic mass is 10.0. The summed E-state index contributed by atoms with van der Waals surface area (Å²) in [5.41, 5.74) is 2.62. The number of rotatable bonds is 6. The molecule has 1 aromatic rings. The van der Waals surface area contributed by atoms with E-state index in [9.17, 15) is 4.79 Å². The van der Waals surface area contributed by atoms with Crippen LogP contribution in [0.25, 0.3) is 0 Å². The van der Waals surface area contributed by atoms with Crippen LogP contribution in [0.3, 0.4) is 0 Å². The number of benzene rings is 1. The Labute approximate surface area is 146 Å². The van der Waals surface area contributed by atoms with Crippen molar-refractivity contribution in [2.45, 2.75) is 26.2 Å². The number of nitrogens with zero attached hydrogens (tertiary/aromatic N) is 3. The number of hydrogen-bond acceptors (Lipinski definition) is 3. The van der Waals surface area contributed by atoms with Gasteiger partial charge in [-0.15, -0.1) is 0 Å². The molecule has 5 nitrogen and oxygen atoms in total. The molecule has 2 rings (SSSR count). The maximum absolute atomic E-state index is 12.2. The van der Waals surface area contributed by atoms with Gasteiger partial charge in [0.1, 0.15) is 0 Å². The highest BCUT2D eigenvalue weighted by Crippen LogP contribution is 2.21. The van der Waals surface area contributed by atoms with Gasteiger partial charge >= 0.3 is 6.03 Å². The first kappa shape index (κ1) is 18.6. The number of piperazine rings is 1. The minimum atomic E-state index is 0.0727. The SMILES string of the molecule is CC(C)c1ccc(N2CCN(C(=O)NCCCN(C)C)CC2)cc1. The minimum Gasteiger partial charge on any atom is -0.368 e. The van der Waals surface area contributed by atoms with Crippen molar-refractivity contribution in [3.63, 3.8) is 0 Å². The first-order chi connectivity index (χ1) is 11.5. The van der Waals surface area contributed by atoms with Gasteiger partial charge in [0.05, 0.1) is 0 Å². The number of urea groups is 1. The molecule has 1 N–H and O–H groups in total. The summed E-state index contributed by atoms with van der Waals surface area (Å²) in [4.78, 5) is 18.6. The zero-order valence-corrected chi connectivity index (χ0v) is 15.6. The highest BCUT2D eigenvalue weighted by atomic mass is 16.2. The largest absolute Gasteiger partial charge is 0.368 e. The van der Waals surface area contributed by atoms with Crippen molar-refractivity contribution in [2.75, 3.05) is 58.3 Å². The van der Waals surface area contributed by atoms with Crippen LogP contribution in [0.15, 0.2) is 24.3 Å². The Kier molecular flexibility index (Phi) is 6.91. The normalized spacial score (nSPS) is 15.2. The quantitative estimate of drug-likeness (QED) is 0.814. The van der Waals surface area contributed by atoms with Crippen LogP contribution in [-0.2, 0) is 0 Å². The fraction of sp³-hybridized carbons (Fsp3) is 0.632. The summed E-state index contributed by atoms with van der Waals surface area (Å²) >= 11 is 0. The molecule has 1 saturated heterocycles. The molecule has 0 atom stereocenters. The summed E-state index contributed by atoms with van der Waals surface area (Å²) in [6.07, 6.45) is 0.987. The Morgan fingerprint density at radius 1 is 1.12 bits per heavy atom. The molecule has 5 heteroatoms. The van der Waals surface area contributed by atoms with E-state index in [1.54, 1.807) is 0 Å². The molecule has 134 valence electrons. The summed E-state index contributed by atoms with van der Waals surface area (Å²) in [5, 5.41) is 3.02. The monoisotopic (exact) mass is 332 g/mol. The van der Waals surface area contributed by atoms with Crippen LogP contribution >= 0.6 is 0 Å². The summed E-state index contributed by atoms with van der Waals surface area (Å²) in [6, 6.07) is 8.90.